The molecule has 1 aromatic rings. The van der Waals surface area contributed by atoms with E-state index >= 15 is 0 Å². The Kier molecular flexibility index (Phi) is 1.98. The first-order valence-corrected chi connectivity index (χ1v) is 5.58. The number of carbonyl (C=O) groups excluding carboxylic acids is 1. The van der Waals surface area contributed by atoms with E-state index in [4.69, 9.17) is 0 Å². The molecule has 1 heteroatoms. The third kappa shape index (κ3) is 1.26. The molecule has 2 bridgehead atoms. The molecule has 0 radical (unpaired) electrons. The third-order valence-corrected chi connectivity index (χ3v) is 3.86. The molecule has 2 aliphatic rings. The van der Waals surface area contributed by atoms with Gasteiger partial charge in [0.15, 0.2) is 0 Å². The summed E-state index contributed by atoms with van der Waals surface area (Å²) in [7, 11) is 0. The van der Waals surface area contributed by atoms with Gasteiger partial charge in [0, 0.05) is 11.8 Å². The van der Waals surface area contributed by atoms with Gasteiger partial charge in [-0.15, -0.1) is 0 Å². The first kappa shape index (κ1) is 8.90. The molecule has 1 fully saturated rings. The van der Waals surface area contributed by atoms with Crippen molar-refractivity contribution < 1.29 is 4.79 Å². The second-order valence-electron chi connectivity index (χ2n) is 4.60. The van der Waals surface area contributed by atoms with Crippen molar-refractivity contribution >= 4 is 6.29 Å². The van der Waals surface area contributed by atoms with Gasteiger partial charge in [-0.05, 0) is 23.8 Å². The van der Waals surface area contributed by atoms with Crippen molar-refractivity contribution in [2.45, 2.75) is 12.3 Å². The molecule has 0 amide bonds. The summed E-state index contributed by atoms with van der Waals surface area (Å²) in [6.45, 7) is 0. The average Bonchev–Trinajstić information content (AvgIpc) is 2.89. The predicted octanol–water partition coefficient (Wildman–Crippen LogP) is 2.79. The Bertz CT molecular complexity index is 393. The van der Waals surface area contributed by atoms with Crippen molar-refractivity contribution in [3.8, 4) is 0 Å². The first-order valence-electron chi connectivity index (χ1n) is 5.58. The van der Waals surface area contributed by atoms with E-state index in [2.05, 4.69) is 36.4 Å². The maximum Gasteiger partial charge on any atom is 0.124 e. The number of allylic oxidation sites excluding steroid dienone is 2. The van der Waals surface area contributed by atoms with Crippen LogP contribution in [-0.4, -0.2) is 6.29 Å². The molecule has 3 rings (SSSR count). The molecule has 76 valence electrons. The fourth-order valence-electron chi connectivity index (χ4n) is 3.19. The summed E-state index contributed by atoms with van der Waals surface area (Å²) in [6, 6.07) is 10.5. The van der Waals surface area contributed by atoms with Gasteiger partial charge in [0.25, 0.3) is 0 Å². The lowest BCUT2D eigenvalue weighted by Gasteiger charge is -2.24. The minimum Gasteiger partial charge on any atom is -0.303 e. The van der Waals surface area contributed by atoms with E-state index in [0.717, 1.165) is 6.29 Å². The van der Waals surface area contributed by atoms with Crippen molar-refractivity contribution in [1.82, 2.24) is 0 Å². The van der Waals surface area contributed by atoms with Crippen LogP contribution in [0.25, 0.3) is 0 Å². The number of aldehydes is 1. The van der Waals surface area contributed by atoms with Crippen molar-refractivity contribution in [2.24, 2.45) is 17.8 Å². The minimum absolute atomic E-state index is 0.211. The van der Waals surface area contributed by atoms with Crippen LogP contribution in [-0.2, 0) is 4.79 Å². The Morgan fingerprint density at radius 1 is 1.07 bits per heavy atom. The van der Waals surface area contributed by atoms with Crippen LogP contribution >= 0.6 is 0 Å². The lowest BCUT2D eigenvalue weighted by molar-refractivity contribution is -0.112. The Morgan fingerprint density at radius 3 is 2.53 bits per heavy atom. The zero-order valence-electron chi connectivity index (χ0n) is 8.54. The molecule has 1 saturated carbocycles. The standard InChI is InChI=1S/C14H14O/c15-9-13-11-6-7-12(8-11)14(13)10-4-2-1-3-5-10/h1-7,9,11-14H,8H2/t11-,12+,13?,14-/m0/s1. The van der Waals surface area contributed by atoms with E-state index in [9.17, 15) is 4.79 Å². The molecule has 0 aliphatic heterocycles. The van der Waals surface area contributed by atoms with Crippen molar-refractivity contribution in [2.75, 3.05) is 0 Å². The lowest BCUT2D eigenvalue weighted by Crippen LogP contribution is -2.18. The molecule has 1 unspecified atom stereocenters. The number of benzene rings is 1. The van der Waals surface area contributed by atoms with E-state index < -0.39 is 0 Å². The Balaban J connectivity index is 1.99. The lowest BCUT2D eigenvalue weighted by atomic mass is 9.79. The Morgan fingerprint density at radius 2 is 1.80 bits per heavy atom. The molecule has 0 heterocycles. The second-order valence-corrected chi connectivity index (χ2v) is 4.60. The molecule has 1 nitrogen and oxygen atoms in total. The highest BCUT2D eigenvalue weighted by atomic mass is 16.1. The molecular formula is C14H14O. The van der Waals surface area contributed by atoms with Gasteiger partial charge in [0.2, 0.25) is 0 Å². The topological polar surface area (TPSA) is 17.1 Å². The van der Waals surface area contributed by atoms with Crippen molar-refractivity contribution in [1.29, 1.82) is 0 Å². The highest BCUT2D eigenvalue weighted by Gasteiger charge is 2.44. The molecule has 2 aliphatic carbocycles. The maximum atomic E-state index is 11.1. The molecule has 15 heavy (non-hydrogen) atoms. The predicted molar refractivity (Wildman–Crippen MR) is 59.5 cm³/mol. The van der Waals surface area contributed by atoms with Crippen LogP contribution in [0.4, 0.5) is 0 Å². The zero-order valence-corrected chi connectivity index (χ0v) is 8.54. The highest BCUT2D eigenvalue weighted by Crippen LogP contribution is 2.51. The van der Waals surface area contributed by atoms with E-state index in [1.807, 2.05) is 6.07 Å². The summed E-state index contributed by atoms with van der Waals surface area (Å²) in [6.07, 6.45) is 6.85. The SMILES string of the molecule is O=CC1[C@@H](c2ccccc2)[C@@H]2C=C[C@H]1C2. The summed E-state index contributed by atoms with van der Waals surface area (Å²) in [5, 5.41) is 0. The van der Waals surface area contributed by atoms with Crippen LogP contribution in [0.5, 0.6) is 0 Å². The molecular weight excluding hydrogens is 184 g/mol. The molecule has 4 atom stereocenters. The molecule has 1 aromatic carbocycles. The van der Waals surface area contributed by atoms with E-state index in [1.165, 1.54) is 12.0 Å². The zero-order chi connectivity index (χ0) is 10.3. The summed E-state index contributed by atoms with van der Waals surface area (Å²) >= 11 is 0. The normalized spacial score (nSPS) is 37.1. The van der Waals surface area contributed by atoms with Gasteiger partial charge in [0.1, 0.15) is 6.29 Å². The Hall–Kier alpha value is -1.37. The third-order valence-electron chi connectivity index (χ3n) is 3.86. The summed E-state index contributed by atoms with van der Waals surface area (Å²) in [4.78, 5) is 11.1. The van der Waals surface area contributed by atoms with E-state index in [0.29, 0.717) is 17.8 Å². The molecule has 0 aromatic heterocycles. The van der Waals surface area contributed by atoms with Gasteiger partial charge >= 0.3 is 0 Å². The minimum atomic E-state index is 0.211. The number of hydrogen-bond donors (Lipinski definition) is 0. The molecule has 0 N–H and O–H groups in total. The second kappa shape index (κ2) is 3.34. The number of hydrogen-bond acceptors (Lipinski definition) is 1. The number of rotatable bonds is 2. The van der Waals surface area contributed by atoms with Crippen LogP contribution in [0.2, 0.25) is 0 Å². The molecule has 0 spiro atoms. The van der Waals surface area contributed by atoms with Gasteiger partial charge in [0.05, 0.1) is 0 Å². The summed E-state index contributed by atoms with van der Waals surface area (Å²) < 4.78 is 0. The monoisotopic (exact) mass is 198 g/mol. The van der Waals surface area contributed by atoms with E-state index in [1.54, 1.807) is 0 Å². The van der Waals surface area contributed by atoms with Crippen LogP contribution in [0.3, 0.4) is 0 Å². The van der Waals surface area contributed by atoms with Crippen molar-refractivity contribution in [3.05, 3.63) is 48.0 Å². The molecule has 0 saturated heterocycles. The van der Waals surface area contributed by atoms with Crippen LogP contribution in [0.1, 0.15) is 17.9 Å². The van der Waals surface area contributed by atoms with Gasteiger partial charge in [-0.25, -0.2) is 0 Å². The van der Waals surface area contributed by atoms with Gasteiger partial charge < -0.3 is 4.79 Å². The first-order chi connectivity index (χ1) is 7.40. The average molecular weight is 198 g/mol. The summed E-state index contributed by atoms with van der Waals surface area (Å²) in [5.41, 5.74) is 1.33. The maximum absolute atomic E-state index is 11.1. The quantitative estimate of drug-likeness (QED) is 0.527. The van der Waals surface area contributed by atoms with Gasteiger partial charge in [-0.3, -0.25) is 0 Å². The Labute approximate surface area is 89.8 Å². The van der Waals surface area contributed by atoms with Crippen molar-refractivity contribution in [3.63, 3.8) is 0 Å². The largest absolute Gasteiger partial charge is 0.303 e. The van der Waals surface area contributed by atoms with Crippen LogP contribution in [0, 0.1) is 17.8 Å². The highest BCUT2D eigenvalue weighted by molar-refractivity contribution is 5.59. The fraction of sp³-hybridized carbons (Fsp3) is 0.357. The van der Waals surface area contributed by atoms with Crippen LogP contribution < -0.4 is 0 Å². The smallest absolute Gasteiger partial charge is 0.124 e. The summed E-state index contributed by atoms with van der Waals surface area (Å²) in [5.74, 6) is 1.73. The number of fused-ring (bicyclic) bond motifs is 2. The van der Waals surface area contributed by atoms with Gasteiger partial charge in [-0.2, -0.15) is 0 Å². The fourth-order valence-corrected chi connectivity index (χ4v) is 3.19. The van der Waals surface area contributed by atoms with E-state index in [-0.39, 0.29) is 5.92 Å². The van der Waals surface area contributed by atoms with Crippen LogP contribution in [0.15, 0.2) is 42.5 Å². The van der Waals surface area contributed by atoms with Gasteiger partial charge in [-0.1, -0.05) is 42.5 Å². The number of carbonyl (C=O) groups is 1.